The van der Waals surface area contributed by atoms with Gasteiger partial charge in [0, 0.05) is 18.7 Å². The Kier molecular flexibility index (Phi) is 5.85. The van der Waals surface area contributed by atoms with Crippen molar-refractivity contribution in [1.29, 1.82) is 0 Å². The molecule has 4 aromatic rings. The molecule has 0 N–H and O–H groups in total. The average Bonchev–Trinajstić information content (AvgIpc) is 3.35. The molecule has 0 unspecified atom stereocenters. The van der Waals surface area contributed by atoms with Crippen molar-refractivity contribution in [2.24, 2.45) is 0 Å². The van der Waals surface area contributed by atoms with Crippen molar-refractivity contribution in [3.8, 4) is 5.75 Å². The number of fused-ring (bicyclic) bond motifs is 2. The molecule has 0 spiro atoms. The number of nitrogens with zero attached hydrogens (tertiary/aromatic N) is 5. The summed E-state index contributed by atoms with van der Waals surface area (Å²) in [5.41, 5.74) is 4.07. The van der Waals surface area contributed by atoms with Gasteiger partial charge in [-0.15, -0.1) is 5.10 Å². The summed E-state index contributed by atoms with van der Waals surface area (Å²) in [4.78, 5) is 30.4. The molecule has 1 saturated heterocycles. The highest BCUT2D eigenvalue weighted by Crippen LogP contribution is 2.34. The van der Waals surface area contributed by atoms with Crippen molar-refractivity contribution in [1.82, 2.24) is 19.9 Å². The van der Waals surface area contributed by atoms with Gasteiger partial charge in [0.2, 0.25) is 0 Å². The van der Waals surface area contributed by atoms with Crippen LogP contribution >= 0.6 is 0 Å². The van der Waals surface area contributed by atoms with Gasteiger partial charge in [-0.05, 0) is 61.2 Å². The van der Waals surface area contributed by atoms with Crippen molar-refractivity contribution >= 4 is 28.5 Å². The second-order valence-electron chi connectivity index (χ2n) is 9.31. The van der Waals surface area contributed by atoms with Crippen LogP contribution in [-0.2, 0) is 11.3 Å². The van der Waals surface area contributed by atoms with Crippen LogP contribution in [0.3, 0.4) is 0 Å². The number of para-hydroxylation sites is 3. The fourth-order valence-corrected chi connectivity index (χ4v) is 4.99. The molecular formula is C28H27N5O3. The lowest BCUT2D eigenvalue weighted by atomic mass is 10.1. The molecule has 0 saturated carbocycles. The number of hydrogen-bond acceptors (Lipinski definition) is 5. The minimum Gasteiger partial charge on any atom is -0.476 e. The van der Waals surface area contributed by atoms with E-state index in [1.165, 1.54) is 0 Å². The van der Waals surface area contributed by atoms with E-state index >= 15 is 0 Å². The van der Waals surface area contributed by atoms with E-state index in [1.807, 2.05) is 82.4 Å². The zero-order valence-corrected chi connectivity index (χ0v) is 19.9. The smallest absolute Gasteiger partial charge is 0.265 e. The van der Waals surface area contributed by atoms with E-state index in [1.54, 1.807) is 4.90 Å². The van der Waals surface area contributed by atoms with Crippen molar-refractivity contribution in [2.75, 3.05) is 24.5 Å². The number of amides is 2. The quantitative estimate of drug-likeness (QED) is 0.442. The molecule has 0 radical (unpaired) electrons. The zero-order valence-electron chi connectivity index (χ0n) is 19.9. The predicted molar refractivity (Wildman–Crippen MR) is 136 cm³/mol. The third-order valence-corrected chi connectivity index (χ3v) is 6.92. The number of aromatic nitrogens is 3. The first-order valence-corrected chi connectivity index (χ1v) is 12.4. The molecule has 8 nitrogen and oxygen atoms in total. The lowest BCUT2D eigenvalue weighted by Crippen LogP contribution is -2.52. The second-order valence-corrected chi connectivity index (χ2v) is 9.31. The maximum absolute atomic E-state index is 13.6. The minimum absolute atomic E-state index is 0.0441. The van der Waals surface area contributed by atoms with Gasteiger partial charge in [-0.3, -0.25) is 9.59 Å². The predicted octanol–water partition coefficient (Wildman–Crippen LogP) is 3.90. The van der Waals surface area contributed by atoms with Crippen LogP contribution in [0.2, 0.25) is 0 Å². The number of piperidine rings is 1. The molecule has 36 heavy (non-hydrogen) atoms. The van der Waals surface area contributed by atoms with Gasteiger partial charge in [0.15, 0.2) is 6.10 Å². The van der Waals surface area contributed by atoms with Crippen LogP contribution < -0.4 is 9.64 Å². The maximum atomic E-state index is 13.6. The number of carbonyl (C=O) groups is 2. The number of rotatable bonds is 4. The van der Waals surface area contributed by atoms with E-state index in [0.717, 1.165) is 48.9 Å². The van der Waals surface area contributed by atoms with Crippen LogP contribution in [0.1, 0.15) is 35.2 Å². The van der Waals surface area contributed by atoms with Gasteiger partial charge in [0.05, 0.1) is 24.3 Å². The Morgan fingerprint density at radius 2 is 1.64 bits per heavy atom. The molecule has 6 rings (SSSR count). The molecule has 1 atom stereocenters. The van der Waals surface area contributed by atoms with Crippen molar-refractivity contribution < 1.29 is 14.3 Å². The summed E-state index contributed by atoms with van der Waals surface area (Å²) in [5, 5.41) is 8.46. The Morgan fingerprint density at radius 1 is 0.889 bits per heavy atom. The van der Waals surface area contributed by atoms with Gasteiger partial charge in [0.1, 0.15) is 11.3 Å². The number of likely N-dealkylation sites (tertiary alicyclic amines) is 1. The van der Waals surface area contributed by atoms with E-state index in [0.29, 0.717) is 23.5 Å². The van der Waals surface area contributed by atoms with Crippen LogP contribution in [0.25, 0.3) is 11.0 Å². The normalized spacial score (nSPS) is 17.5. The zero-order chi connectivity index (χ0) is 24.5. The van der Waals surface area contributed by atoms with Crippen LogP contribution in [0.15, 0.2) is 72.8 Å². The summed E-state index contributed by atoms with van der Waals surface area (Å²) in [6, 6.07) is 22.8. The summed E-state index contributed by atoms with van der Waals surface area (Å²) in [7, 11) is 0. The Morgan fingerprint density at radius 3 is 2.47 bits per heavy atom. The van der Waals surface area contributed by atoms with Crippen molar-refractivity contribution in [3.63, 3.8) is 0 Å². The summed E-state index contributed by atoms with van der Waals surface area (Å²) in [6.07, 6.45) is 2.45. The van der Waals surface area contributed by atoms with Crippen LogP contribution in [0.5, 0.6) is 5.75 Å². The molecule has 1 aromatic heterocycles. The van der Waals surface area contributed by atoms with E-state index in [2.05, 4.69) is 10.3 Å². The number of benzene rings is 3. The highest BCUT2D eigenvalue weighted by atomic mass is 16.5. The van der Waals surface area contributed by atoms with E-state index < -0.39 is 6.10 Å². The molecule has 1 fully saturated rings. The first-order valence-electron chi connectivity index (χ1n) is 12.4. The fourth-order valence-electron chi connectivity index (χ4n) is 4.99. The molecule has 0 bridgehead atoms. The molecule has 3 heterocycles. The number of carbonyl (C=O) groups excluding carboxylic acids is 2. The average molecular weight is 482 g/mol. The van der Waals surface area contributed by atoms with Crippen LogP contribution in [0, 0.1) is 0 Å². The fraction of sp³-hybridized carbons (Fsp3) is 0.286. The molecule has 8 heteroatoms. The summed E-state index contributed by atoms with van der Waals surface area (Å²) in [5.74, 6) is 0.361. The van der Waals surface area contributed by atoms with Crippen LogP contribution in [-0.4, -0.2) is 57.4 Å². The van der Waals surface area contributed by atoms with Gasteiger partial charge in [-0.1, -0.05) is 41.6 Å². The molecule has 2 amide bonds. The maximum Gasteiger partial charge on any atom is 0.265 e. The second kappa shape index (κ2) is 9.45. The first-order chi connectivity index (χ1) is 17.7. The Labute approximate surface area is 209 Å². The Hall–Kier alpha value is -4.20. The lowest BCUT2D eigenvalue weighted by Gasteiger charge is -2.37. The molecule has 3 aromatic carbocycles. The van der Waals surface area contributed by atoms with Crippen LogP contribution in [0.4, 0.5) is 5.69 Å². The summed E-state index contributed by atoms with van der Waals surface area (Å²) >= 11 is 0. The van der Waals surface area contributed by atoms with Gasteiger partial charge >= 0.3 is 0 Å². The highest BCUT2D eigenvalue weighted by molar-refractivity contribution is 6.08. The molecule has 2 aliphatic heterocycles. The number of anilines is 1. The van der Waals surface area contributed by atoms with Gasteiger partial charge in [0.25, 0.3) is 11.8 Å². The van der Waals surface area contributed by atoms with Crippen molar-refractivity contribution in [3.05, 3.63) is 83.9 Å². The molecule has 0 aliphatic carbocycles. The third kappa shape index (κ3) is 4.19. The first kappa shape index (κ1) is 22.3. The highest BCUT2D eigenvalue weighted by Gasteiger charge is 2.36. The van der Waals surface area contributed by atoms with E-state index in [-0.39, 0.29) is 18.4 Å². The Bertz CT molecular complexity index is 1410. The Balaban J connectivity index is 1.22. The summed E-state index contributed by atoms with van der Waals surface area (Å²) in [6.45, 7) is 2.24. The standard InChI is InChI=1S/C28H27N5O3/c34-27(21-14-12-20(13-15-21)18-33-23-9-3-2-8-22(23)29-30-33)32-19-26(28(35)31-16-6-1-7-17-31)36-25-11-5-4-10-24(25)32/h2-5,8-15,26H,1,6-7,16-19H2/t26-/m1/s1. The van der Waals surface area contributed by atoms with Gasteiger partial charge in [-0.2, -0.15) is 0 Å². The number of hydrogen-bond donors (Lipinski definition) is 0. The van der Waals surface area contributed by atoms with Gasteiger partial charge < -0.3 is 14.5 Å². The monoisotopic (exact) mass is 481 g/mol. The third-order valence-electron chi connectivity index (χ3n) is 6.92. The molecular weight excluding hydrogens is 454 g/mol. The van der Waals surface area contributed by atoms with E-state index in [4.69, 9.17) is 4.74 Å². The van der Waals surface area contributed by atoms with E-state index in [9.17, 15) is 9.59 Å². The SMILES string of the molecule is O=C([C@H]1CN(C(=O)c2ccc(Cn3nnc4ccccc43)cc2)c2ccccc2O1)N1CCCCC1. The molecule has 182 valence electrons. The molecule has 2 aliphatic rings. The summed E-state index contributed by atoms with van der Waals surface area (Å²) < 4.78 is 7.92. The largest absolute Gasteiger partial charge is 0.476 e. The van der Waals surface area contributed by atoms with Crippen molar-refractivity contribution in [2.45, 2.75) is 31.9 Å². The number of ether oxygens (including phenoxy) is 1. The van der Waals surface area contributed by atoms with Gasteiger partial charge in [-0.25, -0.2) is 4.68 Å². The minimum atomic E-state index is -0.707. The lowest BCUT2D eigenvalue weighted by molar-refractivity contribution is -0.139. The topological polar surface area (TPSA) is 80.6 Å².